The van der Waals surface area contributed by atoms with Crippen molar-refractivity contribution in [1.82, 2.24) is 15.1 Å². The molecule has 1 aromatic rings. The Morgan fingerprint density at radius 3 is 2.44 bits per heavy atom. The predicted octanol–water partition coefficient (Wildman–Crippen LogP) is 2.27. The van der Waals surface area contributed by atoms with Crippen LogP contribution in [0, 0.1) is 5.92 Å². The van der Waals surface area contributed by atoms with Crippen LogP contribution in [0.4, 0.5) is 18.9 Å². The summed E-state index contributed by atoms with van der Waals surface area (Å²) in [5, 5.41) is 3.37. The second-order valence-corrected chi connectivity index (χ2v) is 7.24. The van der Waals surface area contributed by atoms with Gasteiger partial charge >= 0.3 is 6.18 Å². The maximum absolute atomic E-state index is 12.5. The fourth-order valence-electron chi connectivity index (χ4n) is 3.86. The standard InChI is InChI=1S/C19H28F3N5/c1-23-18(24-13-16-7-8-25(14-16)15-19(20,21)22)27-11-9-26(10-12-27)17-5-3-2-4-6-17/h2-6,16H,7-15H2,1H3,(H,23,24). The highest BCUT2D eigenvalue weighted by Gasteiger charge is 2.34. The monoisotopic (exact) mass is 383 g/mol. The SMILES string of the molecule is CN=C(NCC1CCN(CC(F)(F)F)C1)N1CCN(c2ccccc2)CC1. The molecule has 2 saturated heterocycles. The van der Waals surface area contributed by atoms with E-state index in [-0.39, 0.29) is 5.92 Å². The van der Waals surface area contributed by atoms with E-state index in [1.807, 2.05) is 18.2 Å². The van der Waals surface area contributed by atoms with Crippen molar-refractivity contribution in [3.05, 3.63) is 30.3 Å². The molecule has 2 aliphatic heterocycles. The second-order valence-electron chi connectivity index (χ2n) is 7.24. The molecule has 0 aliphatic carbocycles. The van der Waals surface area contributed by atoms with Crippen molar-refractivity contribution in [3.63, 3.8) is 0 Å². The van der Waals surface area contributed by atoms with Crippen molar-refractivity contribution in [1.29, 1.82) is 0 Å². The quantitative estimate of drug-likeness (QED) is 0.639. The van der Waals surface area contributed by atoms with Gasteiger partial charge in [0, 0.05) is 52.0 Å². The average molecular weight is 383 g/mol. The van der Waals surface area contributed by atoms with Crippen molar-refractivity contribution >= 4 is 11.6 Å². The zero-order chi connectivity index (χ0) is 19.3. The highest BCUT2D eigenvalue weighted by Crippen LogP contribution is 2.22. The summed E-state index contributed by atoms with van der Waals surface area (Å²) in [4.78, 5) is 10.4. The zero-order valence-electron chi connectivity index (χ0n) is 15.8. The van der Waals surface area contributed by atoms with Crippen LogP contribution in [0.2, 0.25) is 0 Å². The highest BCUT2D eigenvalue weighted by atomic mass is 19.4. The summed E-state index contributed by atoms with van der Waals surface area (Å²) in [6.07, 6.45) is -3.32. The number of alkyl halides is 3. The first kappa shape index (κ1) is 19.8. The van der Waals surface area contributed by atoms with E-state index in [0.29, 0.717) is 19.6 Å². The normalized spacial score (nSPS) is 22.4. The molecule has 2 fully saturated rings. The van der Waals surface area contributed by atoms with E-state index in [4.69, 9.17) is 0 Å². The van der Waals surface area contributed by atoms with Gasteiger partial charge in [-0.1, -0.05) is 18.2 Å². The van der Waals surface area contributed by atoms with Gasteiger partial charge in [-0.2, -0.15) is 13.2 Å². The molecule has 5 nitrogen and oxygen atoms in total. The van der Waals surface area contributed by atoms with Crippen molar-refractivity contribution in [3.8, 4) is 0 Å². The van der Waals surface area contributed by atoms with E-state index in [9.17, 15) is 13.2 Å². The van der Waals surface area contributed by atoms with E-state index < -0.39 is 12.7 Å². The summed E-state index contributed by atoms with van der Waals surface area (Å²) in [6, 6.07) is 10.4. The number of rotatable bonds is 4. The number of aliphatic imine (C=N–C) groups is 1. The molecule has 8 heteroatoms. The first-order valence-corrected chi connectivity index (χ1v) is 9.49. The molecule has 1 N–H and O–H groups in total. The summed E-state index contributed by atoms with van der Waals surface area (Å²) in [5.74, 6) is 1.08. The molecule has 3 rings (SSSR count). The third-order valence-corrected chi connectivity index (χ3v) is 5.23. The lowest BCUT2D eigenvalue weighted by atomic mass is 10.1. The van der Waals surface area contributed by atoms with Crippen molar-refractivity contribution in [2.75, 3.05) is 64.3 Å². The van der Waals surface area contributed by atoms with Crippen LogP contribution < -0.4 is 10.2 Å². The van der Waals surface area contributed by atoms with Gasteiger partial charge in [0.2, 0.25) is 0 Å². The summed E-state index contributed by atoms with van der Waals surface area (Å²) < 4.78 is 37.5. The lowest BCUT2D eigenvalue weighted by Crippen LogP contribution is -2.53. The van der Waals surface area contributed by atoms with Crippen LogP contribution in [0.3, 0.4) is 0 Å². The van der Waals surface area contributed by atoms with Gasteiger partial charge in [-0.3, -0.25) is 9.89 Å². The number of hydrogen-bond acceptors (Lipinski definition) is 3. The zero-order valence-corrected chi connectivity index (χ0v) is 15.8. The molecule has 1 unspecified atom stereocenters. The van der Waals surface area contributed by atoms with Crippen LogP contribution in [0.1, 0.15) is 6.42 Å². The number of nitrogens with zero attached hydrogens (tertiary/aromatic N) is 4. The Hall–Kier alpha value is -1.96. The Labute approximate surface area is 158 Å². The summed E-state index contributed by atoms with van der Waals surface area (Å²) in [7, 11) is 1.76. The molecule has 1 aromatic carbocycles. The number of piperazine rings is 1. The molecule has 2 aliphatic rings. The van der Waals surface area contributed by atoms with Gasteiger partial charge in [-0.05, 0) is 31.0 Å². The van der Waals surface area contributed by atoms with Gasteiger partial charge in [-0.25, -0.2) is 0 Å². The Morgan fingerprint density at radius 2 is 1.81 bits per heavy atom. The number of benzene rings is 1. The van der Waals surface area contributed by atoms with Crippen LogP contribution in [-0.4, -0.2) is 81.3 Å². The Bertz CT molecular complexity index is 612. The lowest BCUT2D eigenvalue weighted by molar-refractivity contribution is -0.143. The molecular formula is C19H28F3N5. The molecule has 2 heterocycles. The summed E-state index contributed by atoms with van der Waals surface area (Å²) in [5.41, 5.74) is 1.23. The molecule has 0 spiro atoms. The number of para-hydroxylation sites is 1. The molecule has 1 atom stereocenters. The first-order chi connectivity index (χ1) is 12.9. The fourth-order valence-corrected chi connectivity index (χ4v) is 3.86. The predicted molar refractivity (Wildman–Crippen MR) is 102 cm³/mol. The number of anilines is 1. The average Bonchev–Trinajstić information content (AvgIpc) is 3.09. The number of guanidine groups is 1. The molecule has 0 aromatic heterocycles. The number of nitrogens with one attached hydrogen (secondary N) is 1. The van der Waals surface area contributed by atoms with E-state index >= 15 is 0 Å². The third-order valence-electron chi connectivity index (χ3n) is 5.23. The lowest BCUT2D eigenvalue weighted by Gasteiger charge is -2.38. The highest BCUT2D eigenvalue weighted by molar-refractivity contribution is 5.80. The van der Waals surface area contributed by atoms with Crippen molar-refractivity contribution < 1.29 is 13.2 Å². The summed E-state index contributed by atoms with van der Waals surface area (Å²) in [6.45, 7) is 4.46. The third kappa shape index (κ3) is 5.76. The minimum atomic E-state index is -4.11. The number of hydrogen-bond donors (Lipinski definition) is 1. The number of likely N-dealkylation sites (tertiary alicyclic amines) is 1. The molecule has 0 bridgehead atoms. The first-order valence-electron chi connectivity index (χ1n) is 9.49. The maximum atomic E-state index is 12.5. The minimum Gasteiger partial charge on any atom is -0.368 e. The molecule has 0 amide bonds. The molecule has 0 radical (unpaired) electrons. The van der Waals surface area contributed by atoms with Crippen molar-refractivity contribution in [2.24, 2.45) is 10.9 Å². The molecular weight excluding hydrogens is 355 g/mol. The van der Waals surface area contributed by atoms with Gasteiger partial charge in [0.1, 0.15) is 0 Å². The van der Waals surface area contributed by atoms with E-state index in [1.165, 1.54) is 10.6 Å². The van der Waals surface area contributed by atoms with Crippen LogP contribution >= 0.6 is 0 Å². The second kappa shape index (κ2) is 8.82. The van der Waals surface area contributed by atoms with E-state index in [1.54, 1.807) is 7.05 Å². The van der Waals surface area contributed by atoms with Gasteiger partial charge in [-0.15, -0.1) is 0 Å². The molecule has 0 saturated carbocycles. The smallest absolute Gasteiger partial charge is 0.368 e. The molecule has 150 valence electrons. The van der Waals surface area contributed by atoms with Crippen LogP contribution in [0.5, 0.6) is 0 Å². The largest absolute Gasteiger partial charge is 0.401 e. The van der Waals surface area contributed by atoms with Gasteiger partial charge in [0.25, 0.3) is 0 Å². The number of halogens is 3. The Balaban J connectivity index is 1.43. The van der Waals surface area contributed by atoms with Crippen LogP contribution in [-0.2, 0) is 0 Å². The van der Waals surface area contributed by atoms with Gasteiger partial charge in [0.15, 0.2) is 5.96 Å². The van der Waals surface area contributed by atoms with Crippen LogP contribution in [0.15, 0.2) is 35.3 Å². The van der Waals surface area contributed by atoms with Gasteiger partial charge < -0.3 is 15.1 Å². The van der Waals surface area contributed by atoms with Crippen LogP contribution in [0.25, 0.3) is 0 Å². The topological polar surface area (TPSA) is 34.1 Å². The van der Waals surface area contributed by atoms with E-state index in [2.05, 4.69) is 32.2 Å². The Morgan fingerprint density at radius 1 is 1.11 bits per heavy atom. The van der Waals surface area contributed by atoms with E-state index in [0.717, 1.165) is 38.6 Å². The molecule has 27 heavy (non-hydrogen) atoms. The maximum Gasteiger partial charge on any atom is 0.401 e. The fraction of sp³-hybridized carbons (Fsp3) is 0.632. The van der Waals surface area contributed by atoms with Gasteiger partial charge in [0.05, 0.1) is 6.54 Å². The Kier molecular flexibility index (Phi) is 6.46. The van der Waals surface area contributed by atoms with Crippen molar-refractivity contribution in [2.45, 2.75) is 12.6 Å². The summed E-state index contributed by atoms with van der Waals surface area (Å²) >= 11 is 0. The minimum absolute atomic E-state index is 0.231.